The van der Waals surface area contributed by atoms with Crippen molar-refractivity contribution in [2.75, 3.05) is 5.75 Å². The first-order valence-corrected chi connectivity index (χ1v) is 4.81. The Hall–Kier alpha value is -0.850. The van der Waals surface area contributed by atoms with Crippen LogP contribution in [0, 0.1) is 0 Å². The summed E-state index contributed by atoms with van der Waals surface area (Å²) in [6, 6.07) is 0. The number of hydrogen-bond donors (Lipinski definition) is 0. The van der Waals surface area contributed by atoms with E-state index in [2.05, 4.69) is 0 Å². The highest BCUT2D eigenvalue weighted by Gasteiger charge is 2.27. The van der Waals surface area contributed by atoms with Gasteiger partial charge in [-0.15, -0.1) is 0 Å². The summed E-state index contributed by atoms with van der Waals surface area (Å²) in [5, 5.41) is 0. The third kappa shape index (κ3) is 3.13. The zero-order valence-electron chi connectivity index (χ0n) is 7.41. The minimum atomic E-state index is -4.22. The molecule has 80 valence electrons. The van der Waals surface area contributed by atoms with Gasteiger partial charge in [-0.25, -0.2) is 4.79 Å². The van der Waals surface area contributed by atoms with Gasteiger partial charge in [-0.3, -0.25) is 4.57 Å². The first-order valence-electron chi connectivity index (χ1n) is 3.82. The second-order valence-electron chi connectivity index (χ2n) is 2.68. The molecular weight excluding hydrogens is 217 g/mol. The number of aryl methyl sites for hydroxylation is 2. The molecule has 0 saturated heterocycles. The lowest BCUT2D eigenvalue weighted by Crippen LogP contribution is -2.23. The number of hydrogen-bond acceptors (Lipinski definition) is 2. The Kier molecular flexibility index (Phi) is 3.30. The minimum absolute atomic E-state index is 0.0733. The van der Waals surface area contributed by atoms with E-state index in [-0.39, 0.29) is 29.7 Å². The molecule has 0 aliphatic rings. The molecule has 1 aromatic heterocycles. The van der Waals surface area contributed by atoms with Gasteiger partial charge in [-0.2, -0.15) is 13.2 Å². The number of nitrogens with zero attached hydrogens (tertiary/aromatic N) is 2. The smallest absolute Gasteiger partial charge is 0.302 e. The van der Waals surface area contributed by atoms with Gasteiger partial charge in [0.15, 0.2) is 0 Å². The monoisotopic (exact) mass is 226 g/mol. The van der Waals surface area contributed by atoms with E-state index in [1.54, 1.807) is 7.05 Å². The van der Waals surface area contributed by atoms with E-state index in [0.29, 0.717) is 0 Å². The van der Waals surface area contributed by atoms with Crippen LogP contribution in [0.5, 0.6) is 0 Å². The van der Waals surface area contributed by atoms with Crippen LogP contribution in [-0.2, 0) is 13.6 Å². The molecule has 0 aromatic carbocycles. The predicted molar refractivity (Wildman–Crippen MR) is 48.2 cm³/mol. The zero-order chi connectivity index (χ0) is 10.8. The van der Waals surface area contributed by atoms with Crippen LogP contribution in [0.4, 0.5) is 13.2 Å². The molecule has 7 heteroatoms. The highest BCUT2D eigenvalue weighted by Crippen LogP contribution is 2.29. The molecule has 0 N–H and O–H groups in total. The summed E-state index contributed by atoms with van der Waals surface area (Å²) in [5.74, 6) is -0.145. The van der Waals surface area contributed by atoms with Crippen LogP contribution < -0.4 is 5.69 Å². The van der Waals surface area contributed by atoms with Crippen molar-refractivity contribution in [1.29, 1.82) is 0 Å². The molecule has 3 nitrogen and oxygen atoms in total. The average molecular weight is 226 g/mol. The van der Waals surface area contributed by atoms with Crippen molar-refractivity contribution in [2.24, 2.45) is 7.05 Å². The molecular formula is C7H9F3N2OS. The molecule has 0 fully saturated rings. The number of halogens is 3. The third-order valence-electron chi connectivity index (χ3n) is 1.62. The van der Waals surface area contributed by atoms with E-state index in [9.17, 15) is 18.0 Å². The van der Waals surface area contributed by atoms with Crippen molar-refractivity contribution in [3.63, 3.8) is 0 Å². The Morgan fingerprint density at radius 3 is 2.50 bits per heavy atom. The van der Waals surface area contributed by atoms with Crippen LogP contribution in [0.2, 0.25) is 0 Å². The van der Waals surface area contributed by atoms with Crippen LogP contribution in [0.15, 0.2) is 17.2 Å². The number of alkyl halides is 3. The van der Waals surface area contributed by atoms with Crippen LogP contribution in [0.3, 0.4) is 0 Å². The lowest BCUT2D eigenvalue weighted by molar-refractivity contribution is -0.0328. The van der Waals surface area contributed by atoms with Crippen LogP contribution in [-0.4, -0.2) is 20.4 Å². The number of rotatable bonds is 3. The largest absolute Gasteiger partial charge is 0.441 e. The zero-order valence-corrected chi connectivity index (χ0v) is 8.23. The molecule has 1 rings (SSSR count). The molecule has 0 unspecified atom stereocenters. The number of thioether (sulfide) groups is 1. The molecule has 1 aromatic rings. The summed E-state index contributed by atoms with van der Waals surface area (Å²) in [5.41, 5.74) is -4.52. The first kappa shape index (κ1) is 11.2. The topological polar surface area (TPSA) is 26.9 Å². The quantitative estimate of drug-likeness (QED) is 0.779. The number of imidazole rings is 1. The molecule has 0 spiro atoms. The van der Waals surface area contributed by atoms with Crippen molar-refractivity contribution in [3.05, 3.63) is 22.9 Å². The van der Waals surface area contributed by atoms with Crippen molar-refractivity contribution in [2.45, 2.75) is 12.1 Å². The van der Waals surface area contributed by atoms with E-state index >= 15 is 0 Å². The molecule has 0 amide bonds. The summed E-state index contributed by atoms with van der Waals surface area (Å²) in [7, 11) is 1.55. The highest BCUT2D eigenvalue weighted by molar-refractivity contribution is 8.00. The predicted octanol–water partition coefficient (Wildman–Crippen LogP) is 1.44. The SMILES string of the molecule is Cn1ccn(CCSC(F)(F)F)c1=O. The van der Waals surface area contributed by atoms with Gasteiger partial charge in [0.25, 0.3) is 0 Å². The average Bonchev–Trinajstić information content (AvgIpc) is 2.33. The Balaban J connectivity index is 2.47. The van der Waals surface area contributed by atoms with E-state index in [0.717, 1.165) is 0 Å². The van der Waals surface area contributed by atoms with E-state index in [1.807, 2.05) is 0 Å². The van der Waals surface area contributed by atoms with Gasteiger partial charge < -0.3 is 4.57 Å². The first-order chi connectivity index (χ1) is 6.40. The van der Waals surface area contributed by atoms with Crippen molar-refractivity contribution < 1.29 is 13.2 Å². The Bertz CT molecular complexity index is 355. The van der Waals surface area contributed by atoms with Gasteiger partial charge in [0.05, 0.1) is 0 Å². The second-order valence-corrected chi connectivity index (χ2v) is 3.84. The van der Waals surface area contributed by atoms with Gasteiger partial charge in [-0.1, -0.05) is 0 Å². The van der Waals surface area contributed by atoms with Gasteiger partial charge in [0.1, 0.15) is 0 Å². The molecule has 0 atom stereocenters. The van der Waals surface area contributed by atoms with Gasteiger partial charge in [0, 0.05) is 31.7 Å². The Morgan fingerprint density at radius 1 is 1.43 bits per heavy atom. The maximum Gasteiger partial charge on any atom is 0.441 e. The Morgan fingerprint density at radius 2 is 2.07 bits per heavy atom. The summed E-state index contributed by atoms with van der Waals surface area (Å²) in [4.78, 5) is 11.2. The van der Waals surface area contributed by atoms with Crippen molar-refractivity contribution in [3.8, 4) is 0 Å². The fourth-order valence-corrected chi connectivity index (χ4v) is 1.46. The van der Waals surface area contributed by atoms with E-state index in [4.69, 9.17) is 0 Å². The molecule has 0 bridgehead atoms. The fraction of sp³-hybridized carbons (Fsp3) is 0.571. The van der Waals surface area contributed by atoms with Crippen LogP contribution in [0.1, 0.15) is 0 Å². The normalized spacial score (nSPS) is 12.0. The van der Waals surface area contributed by atoms with E-state index in [1.165, 1.54) is 21.5 Å². The van der Waals surface area contributed by atoms with Gasteiger partial charge >= 0.3 is 11.2 Å². The van der Waals surface area contributed by atoms with Crippen molar-refractivity contribution >= 4 is 11.8 Å². The third-order valence-corrected chi connectivity index (χ3v) is 2.33. The minimum Gasteiger partial charge on any atom is -0.302 e. The molecule has 14 heavy (non-hydrogen) atoms. The van der Waals surface area contributed by atoms with E-state index < -0.39 is 5.51 Å². The Labute approximate surface area is 82.5 Å². The molecule has 0 saturated carbocycles. The summed E-state index contributed by atoms with van der Waals surface area (Å²) >= 11 is -0.123. The highest BCUT2D eigenvalue weighted by atomic mass is 32.2. The maximum atomic E-state index is 11.7. The molecule has 0 radical (unpaired) electrons. The van der Waals surface area contributed by atoms with Crippen molar-refractivity contribution in [1.82, 2.24) is 9.13 Å². The lowest BCUT2D eigenvalue weighted by Gasteiger charge is -2.04. The molecule has 0 aliphatic heterocycles. The van der Waals surface area contributed by atoms with Crippen LogP contribution in [0.25, 0.3) is 0 Å². The number of aromatic nitrogens is 2. The van der Waals surface area contributed by atoms with Gasteiger partial charge in [-0.05, 0) is 11.8 Å². The summed E-state index contributed by atoms with van der Waals surface area (Å²) in [6.07, 6.45) is 2.99. The molecule has 1 heterocycles. The summed E-state index contributed by atoms with van der Waals surface area (Å²) in [6.45, 7) is 0.0733. The second kappa shape index (κ2) is 4.12. The lowest BCUT2D eigenvalue weighted by atomic mass is 10.7. The molecule has 0 aliphatic carbocycles. The fourth-order valence-electron chi connectivity index (χ4n) is 0.941. The van der Waals surface area contributed by atoms with Gasteiger partial charge in [0.2, 0.25) is 0 Å². The summed E-state index contributed by atoms with van der Waals surface area (Å²) < 4.78 is 37.8. The van der Waals surface area contributed by atoms with Crippen LogP contribution >= 0.6 is 11.8 Å². The standard InChI is InChI=1S/C7H9F3N2OS/c1-11-2-3-12(6(11)13)4-5-14-7(8,9)10/h2-3H,4-5H2,1H3. The maximum absolute atomic E-state index is 11.7.